The van der Waals surface area contributed by atoms with E-state index in [1.165, 1.54) is 0 Å². The number of aryl methyl sites for hydroxylation is 1. The van der Waals surface area contributed by atoms with Gasteiger partial charge in [0.1, 0.15) is 5.75 Å². The molecule has 7 nitrogen and oxygen atoms in total. The van der Waals surface area contributed by atoms with E-state index < -0.39 is 24.5 Å². The van der Waals surface area contributed by atoms with Gasteiger partial charge < -0.3 is 14.8 Å². The zero-order chi connectivity index (χ0) is 15.9. The summed E-state index contributed by atoms with van der Waals surface area (Å²) < 4.78 is 10.1. The maximum atomic E-state index is 11.7. The second kappa shape index (κ2) is 7.44. The lowest BCUT2D eigenvalue weighted by Gasteiger charge is -2.12. The Labute approximate surface area is 128 Å². The monoisotopic (exact) mass is 306 g/mol. The van der Waals surface area contributed by atoms with E-state index in [2.05, 4.69) is 5.32 Å². The minimum atomic E-state index is -0.513. The molecule has 0 aliphatic carbocycles. The van der Waals surface area contributed by atoms with Crippen LogP contribution in [0.2, 0.25) is 0 Å². The zero-order valence-electron chi connectivity index (χ0n) is 12.3. The van der Waals surface area contributed by atoms with Gasteiger partial charge in [-0.1, -0.05) is 18.2 Å². The minimum Gasteiger partial charge on any atom is -0.496 e. The number of para-hydroxylation sites is 1. The van der Waals surface area contributed by atoms with E-state index >= 15 is 0 Å². The van der Waals surface area contributed by atoms with E-state index in [1.807, 2.05) is 24.3 Å². The summed E-state index contributed by atoms with van der Waals surface area (Å²) in [6.45, 7) is 0.306. The van der Waals surface area contributed by atoms with Crippen molar-refractivity contribution in [3.05, 3.63) is 29.8 Å². The van der Waals surface area contributed by atoms with Gasteiger partial charge in [0.05, 0.1) is 7.11 Å². The van der Waals surface area contributed by atoms with Crippen molar-refractivity contribution in [1.82, 2.24) is 10.2 Å². The van der Waals surface area contributed by atoms with Gasteiger partial charge in [-0.3, -0.25) is 14.5 Å². The van der Waals surface area contributed by atoms with Crippen molar-refractivity contribution in [2.24, 2.45) is 0 Å². The van der Waals surface area contributed by atoms with Crippen LogP contribution in [0.5, 0.6) is 5.75 Å². The normalized spacial score (nSPS) is 13.7. The van der Waals surface area contributed by atoms with E-state index in [1.54, 1.807) is 7.11 Å². The fourth-order valence-corrected chi connectivity index (χ4v) is 2.15. The molecule has 1 aromatic rings. The summed E-state index contributed by atoms with van der Waals surface area (Å²) in [4.78, 5) is 35.7. The van der Waals surface area contributed by atoms with Crippen LogP contribution >= 0.6 is 0 Å². The van der Waals surface area contributed by atoms with Crippen molar-refractivity contribution in [2.75, 3.05) is 26.8 Å². The number of esters is 1. The second-order valence-electron chi connectivity index (χ2n) is 4.75. The lowest BCUT2D eigenvalue weighted by atomic mass is 10.1. The molecule has 0 atom stereocenters. The van der Waals surface area contributed by atoms with Crippen molar-refractivity contribution < 1.29 is 23.9 Å². The largest absolute Gasteiger partial charge is 0.496 e. The van der Waals surface area contributed by atoms with Gasteiger partial charge in [0.2, 0.25) is 0 Å². The molecule has 0 unspecified atom stereocenters. The lowest BCUT2D eigenvalue weighted by Crippen LogP contribution is -2.37. The van der Waals surface area contributed by atoms with Gasteiger partial charge in [0.25, 0.3) is 5.91 Å². The van der Waals surface area contributed by atoms with Gasteiger partial charge in [-0.25, -0.2) is 4.79 Å². The van der Waals surface area contributed by atoms with Crippen LogP contribution in [0.3, 0.4) is 0 Å². The number of imide groups is 1. The number of amides is 3. The predicted molar refractivity (Wildman–Crippen MR) is 77.4 cm³/mol. The Morgan fingerprint density at radius 3 is 2.77 bits per heavy atom. The van der Waals surface area contributed by atoms with Crippen molar-refractivity contribution in [3.63, 3.8) is 0 Å². The smallest absolute Gasteiger partial charge is 0.324 e. The molecule has 2 rings (SSSR count). The first-order valence-corrected chi connectivity index (χ1v) is 6.97. The van der Waals surface area contributed by atoms with E-state index in [4.69, 9.17) is 9.47 Å². The molecule has 1 saturated heterocycles. The highest BCUT2D eigenvalue weighted by atomic mass is 16.5. The Hall–Kier alpha value is -2.57. The van der Waals surface area contributed by atoms with Crippen molar-refractivity contribution >= 4 is 17.9 Å². The summed E-state index contributed by atoms with van der Waals surface area (Å²) in [5.41, 5.74) is 0.896. The van der Waals surface area contributed by atoms with Crippen LogP contribution in [0.4, 0.5) is 4.79 Å². The molecule has 1 aliphatic rings. The van der Waals surface area contributed by atoms with E-state index in [9.17, 15) is 14.4 Å². The van der Waals surface area contributed by atoms with Crippen LogP contribution in [0, 0.1) is 0 Å². The van der Waals surface area contributed by atoms with Crippen molar-refractivity contribution in [2.45, 2.75) is 12.8 Å². The number of nitrogens with one attached hydrogen (secondary N) is 1. The average Bonchev–Trinajstić information content (AvgIpc) is 2.97. The topological polar surface area (TPSA) is 84.9 Å². The van der Waals surface area contributed by atoms with Gasteiger partial charge in [0.15, 0.2) is 6.61 Å². The number of nitrogens with zero attached hydrogens (tertiary/aromatic N) is 1. The number of rotatable bonds is 6. The Bertz CT molecular complexity index is 573. The molecular formula is C15H18N2O5. The Morgan fingerprint density at radius 2 is 2.09 bits per heavy atom. The highest BCUT2D eigenvalue weighted by Gasteiger charge is 2.26. The van der Waals surface area contributed by atoms with Crippen LogP contribution < -0.4 is 10.1 Å². The van der Waals surface area contributed by atoms with Crippen LogP contribution in [0.1, 0.15) is 12.0 Å². The molecule has 0 saturated carbocycles. The third kappa shape index (κ3) is 3.97. The summed E-state index contributed by atoms with van der Waals surface area (Å²) in [6, 6.07) is 6.94. The molecule has 118 valence electrons. The summed E-state index contributed by atoms with van der Waals surface area (Å²) in [5, 5.41) is 2.51. The van der Waals surface area contributed by atoms with Crippen molar-refractivity contribution in [3.8, 4) is 5.75 Å². The molecule has 0 spiro atoms. The van der Waals surface area contributed by atoms with Crippen LogP contribution in [-0.4, -0.2) is 49.6 Å². The molecule has 3 amide bonds. The van der Waals surface area contributed by atoms with Gasteiger partial charge in [-0.2, -0.15) is 0 Å². The number of hydrogen-bond donors (Lipinski definition) is 1. The summed E-state index contributed by atoms with van der Waals surface area (Å²) >= 11 is 0. The van der Waals surface area contributed by atoms with E-state index in [0.717, 1.165) is 10.5 Å². The molecule has 0 aromatic heterocycles. The number of methoxy groups -OCH3 is 1. The average molecular weight is 306 g/mol. The SMILES string of the molecule is COc1ccccc1CCC(=O)OCC(=O)N1CCNC1=O. The van der Waals surface area contributed by atoms with Gasteiger partial charge in [-0.15, -0.1) is 0 Å². The first-order chi connectivity index (χ1) is 10.6. The fraction of sp³-hybridized carbons (Fsp3) is 0.400. The highest BCUT2D eigenvalue weighted by molar-refractivity contribution is 5.96. The van der Waals surface area contributed by atoms with Gasteiger partial charge >= 0.3 is 12.0 Å². The second-order valence-corrected chi connectivity index (χ2v) is 4.75. The maximum Gasteiger partial charge on any atom is 0.324 e. The molecule has 0 bridgehead atoms. The van der Waals surface area contributed by atoms with Crippen LogP contribution in [0.15, 0.2) is 24.3 Å². The molecule has 22 heavy (non-hydrogen) atoms. The molecule has 7 heteroatoms. The fourth-order valence-electron chi connectivity index (χ4n) is 2.15. The number of hydrogen-bond acceptors (Lipinski definition) is 5. The first kappa shape index (κ1) is 15.8. The quantitative estimate of drug-likeness (QED) is 0.783. The predicted octanol–water partition coefficient (Wildman–Crippen LogP) is 0.723. The zero-order valence-corrected chi connectivity index (χ0v) is 12.3. The third-order valence-corrected chi connectivity index (χ3v) is 3.31. The van der Waals surface area contributed by atoms with Crippen LogP contribution in [-0.2, 0) is 20.7 Å². The molecule has 1 fully saturated rings. The number of ether oxygens (including phenoxy) is 2. The highest BCUT2D eigenvalue weighted by Crippen LogP contribution is 2.18. The molecule has 1 aliphatic heterocycles. The van der Waals surface area contributed by atoms with E-state index in [0.29, 0.717) is 25.3 Å². The summed E-state index contributed by atoms with van der Waals surface area (Å²) in [7, 11) is 1.57. The van der Waals surface area contributed by atoms with E-state index in [-0.39, 0.29) is 6.42 Å². The molecular weight excluding hydrogens is 288 g/mol. The minimum absolute atomic E-state index is 0.139. The molecule has 0 radical (unpaired) electrons. The maximum absolute atomic E-state index is 11.7. The standard InChI is InChI=1S/C15H18N2O5/c1-21-12-5-3-2-4-11(12)6-7-14(19)22-10-13(18)17-9-8-16-15(17)20/h2-5H,6-10H2,1H3,(H,16,20). The van der Waals surface area contributed by atoms with Gasteiger partial charge in [0, 0.05) is 19.5 Å². The number of urea groups is 1. The number of carbonyl (C=O) groups is 3. The molecule has 1 N–H and O–H groups in total. The van der Waals surface area contributed by atoms with Gasteiger partial charge in [-0.05, 0) is 18.1 Å². The third-order valence-electron chi connectivity index (χ3n) is 3.31. The molecule has 1 heterocycles. The first-order valence-electron chi connectivity index (χ1n) is 6.97. The number of carbonyl (C=O) groups excluding carboxylic acids is 3. The Balaban J connectivity index is 1.76. The lowest BCUT2D eigenvalue weighted by molar-refractivity contribution is -0.150. The molecule has 1 aromatic carbocycles. The summed E-state index contributed by atoms with van der Waals surface area (Å²) in [6.07, 6.45) is 0.598. The Kier molecular flexibility index (Phi) is 5.35. The summed E-state index contributed by atoms with van der Waals surface area (Å²) in [5.74, 6) is -0.292. The number of benzene rings is 1. The Morgan fingerprint density at radius 1 is 1.32 bits per heavy atom. The van der Waals surface area contributed by atoms with Crippen LogP contribution in [0.25, 0.3) is 0 Å². The van der Waals surface area contributed by atoms with Crippen molar-refractivity contribution in [1.29, 1.82) is 0 Å².